The van der Waals surface area contributed by atoms with Crippen molar-refractivity contribution in [2.24, 2.45) is 5.41 Å². The Hall–Kier alpha value is -0.690. The maximum Gasteiger partial charge on any atom is 0.143 e. The fourth-order valence-electron chi connectivity index (χ4n) is 0.431. The molecule has 4 heteroatoms. The van der Waals surface area contributed by atoms with E-state index in [2.05, 4.69) is 0 Å². The lowest BCUT2D eigenvalue weighted by molar-refractivity contribution is 0.172. The third kappa shape index (κ3) is 2.81. The molecule has 0 saturated carbocycles. The van der Waals surface area contributed by atoms with E-state index in [9.17, 15) is 18.3 Å². The van der Waals surface area contributed by atoms with E-state index in [0.29, 0.717) is 0 Å². The maximum atomic E-state index is 12.0. The van der Waals surface area contributed by atoms with E-state index in [1.54, 1.807) is 0 Å². The number of hydrogen-bond donors (Lipinski definition) is 0. The molecule has 1 nitrogen and oxygen atoms in total. The van der Waals surface area contributed by atoms with Crippen LogP contribution in [0.5, 0.6) is 0 Å². The first-order chi connectivity index (χ1) is 5.24. The van der Waals surface area contributed by atoms with Crippen molar-refractivity contribution < 1.29 is 18.3 Å². The second-order valence-electron chi connectivity index (χ2n) is 2.13. The lowest BCUT2D eigenvalue weighted by Gasteiger charge is -2.15. The Bertz CT molecular complexity index is 147. The van der Waals surface area contributed by atoms with Crippen LogP contribution in [-0.4, -0.2) is 26.6 Å². The lowest BCUT2D eigenvalue weighted by atomic mass is 9.94. The summed E-state index contributed by atoms with van der Waals surface area (Å²) in [6, 6.07) is 0. The summed E-state index contributed by atoms with van der Waals surface area (Å²) in [4.78, 5) is 0. The summed E-state index contributed by atoms with van der Waals surface area (Å²) in [6.07, 6.45) is 0. The van der Waals surface area contributed by atoms with Crippen LogP contribution in [0, 0.1) is 17.3 Å². The molecule has 0 aromatic carbocycles. The van der Waals surface area contributed by atoms with Crippen LogP contribution in [0.15, 0.2) is 0 Å². The molecular formula is C7H8F3O. The molecule has 0 aromatic rings. The molecule has 11 heavy (non-hydrogen) atoms. The van der Waals surface area contributed by atoms with E-state index < -0.39 is 32.0 Å². The fraction of sp³-hybridized carbons (Fsp3) is 0.714. The topological polar surface area (TPSA) is 19.9 Å². The molecule has 1 radical (unpaired) electrons. The van der Waals surface area contributed by atoms with E-state index in [-0.39, 0.29) is 0 Å². The van der Waals surface area contributed by atoms with Crippen LogP contribution in [0.1, 0.15) is 0 Å². The molecule has 0 aliphatic heterocycles. The molecule has 0 atom stereocenters. The van der Waals surface area contributed by atoms with Gasteiger partial charge in [-0.2, -0.15) is 0 Å². The highest BCUT2D eigenvalue weighted by Crippen LogP contribution is 2.18. The van der Waals surface area contributed by atoms with Crippen molar-refractivity contribution in [3.8, 4) is 11.8 Å². The fourth-order valence-corrected chi connectivity index (χ4v) is 0.431. The van der Waals surface area contributed by atoms with Gasteiger partial charge in [0.25, 0.3) is 0 Å². The third-order valence-corrected chi connectivity index (χ3v) is 1.19. The van der Waals surface area contributed by atoms with Gasteiger partial charge in [0.05, 0.1) is 0 Å². The summed E-state index contributed by atoms with van der Waals surface area (Å²) in [5.74, 6) is 3.86. The van der Waals surface area contributed by atoms with Crippen LogP contribution in [0.3, 0.4) is 0 Å². The molecule has 0 fully saturated rings. The van der Waals surface area contributed by atoms with Gasteiger partial charge in [0.1, 0.15) is 32.0 Å². The van der Waals surface area contributed by atoms with E-state index in [1.165, 1.54) is 0 Å². The van der Waals surface area contributed by atoms with Crippen molar-refractivity contribution in [2.75, 3.05) is 26.6 Å². The van der Waals surface area contributed by atoms with Gasteiger partial charge in [-0.05, 0) is 0 Å². The van der Waals surface area contributed by atoms with Crippen LogP contribution in [0.25, 0.3) is 0 Å². The number of hydrogen-bond acceptors (Lipinski definition) is 0. The Morgan fingerprint density at radius 1 is 1.09 bits per heavy atom. The van der Waals surface area contributed by atoms with Gasteiger partial charge in [0.15, 0.2) is 0 Å². The predicted molar refractivity (Wildman–Crippen MR) is 33.7 cm³/mol. The van der Waals surface area contributed by atoms with Gasteiger partial charge in [-0.25, -0.2) is 18.3 Å². The van der Waals surface area contributed by atoms with Crippen molar-refractivity contribution in [1.82, 2.24) is 0 Å². The van der Waals surface area contributed by atoms with Crippen molar-refractivity contribution >= 4 is 0 Å². The van der Waals surface area contributed by atoms with Crippen molar-refractivity contribution in [1.29, 1.82) is 0 Å². The van der Waals surface area contributed by atoms with Gasteiger partial charge in [-0.1, -0.05) is 11.8 Å². The van der Waals surface area contributed by atoms with Gasteiger partial charge in [0, 0.05) is 0 Å². The Kier molecular flexibility index (Phi) is 4.71. The quantitative estimate of drug-likeness (QED) is 0.562. The van der Waals surface area contributed by atoms with E-state index in [4.69, 9.17) is 0 Å². The molecule has 0 aromatic heterocycles. The van der Waals surface area contributed by atoms with E-state index in [1.807, 2.05) is 11.8 Å². The average molecular weight is 165 g/mol. The molecule has 0 amide bonds. The standard InChI is InChI=1S/C7H8F3O/c8-4-7(5-9,6-10)2-1-3-11/h3-6H2. The molecule has 0 N–H and O–H groups in total. The number of rotatable bonds is 3. The minimum absolute atomic E-state index is 0.762. The SMILES string of the molecule is [O]CC#CC(CF)(CF)CF. The van der Waals surface area contributed by atoms with E-state index in [0.717, 1.165) is 0 Å². The zero-order valence-electron chi connectivity index (χ0n) is 5.87. The molecule has 0 spiro atoms. The molecule has 0 aliphatic carbocycles. The highest BCUT2D eigenvalue weighted by Gasteiger charge is 2.28. The predicted octanol–water partition coefficient (Wildman–Crippen LogP) is 1.32. The number of halogens is 3. The summed E-state index contributed by atoms with van der Waals surface area (Å²) < 4.78 is 35.9. The monoisotopic (exact) mass is 165 g/mol. The summed E-state index contributed by atoms with van der Waals surface area (Å²) in [6.45, 7) is -4.37. The Morgan fingerprint density at radius 3 is 1.82 bits per heavy atom. The Labute approximate surface area is 63.2 Å². The van der Waals surface area contributed by atoms with Crippen LogP contribution < -0.4 is 0 Å². The van der Waals surface area contributed by atoms with Gasteiger partial charge in [-0.3, -0.25) is 0 Å². The Morgan fingerprint density at radius 2 is 1.55 bits per heavy atom. The second kappa shape index (κ2) is 5.03. The van der Waals surface area contributed by atoms with Gasteiger partial charge >= 0.3 is 0 Å². The summed E-state index contributed by atoms with van der Waals surface area (Å²) in [5.41, 5.74) is -1.88. The van der Waals surface area contributed by atoms with Gasteiger partial charge < -0.3 is 0 Å². The summed E-state index contributed by atoms with van der Waals surface area (Å²) in [7, 11) is 0. The minimum atomic E-state index is -1.88. The minimum Gasteiger partial charge on any atom is -0.249 e. The molecule has 63 valence electrons. The lowest BCUT2D eigenvalue weighted by Crippen LogP contribution is -2.26. The molecule has 0 saturated heterocycles. The Balaban J connectivity index is 4.28. The van der Waals surface area contributed by atoms with Crippen molar-refractivity contribution in [3.05, 3.63) is 0 Å². The highest BCUT2D eigenvalue weighted by atomic mass is 19.1. The zero-order valence-corrected chi connectivity index (χ0v) is 5.87. The zero-order chi connectivity index (χ0) is 8.74. The maximum absolute atomic E-state index is 12.0. The molecular weight excluding hydrogens is 157 g/mol. The first-order valence-corrected chi connectivity index (χ1v) is 3.00. The highest BCUT2D eigenvalue weighted by molar-refractivity contribution is 5.12. The molecule has 0 unspecified atom stereocenters. The number of alkyl halides is 3. The first-order valence-electron chi connectivity index (χ1n) is 3.00. The molecule has 0 aliphatic rings. The summed E-state index contributed by atoms with van der Waals surface area (Å²) in [5, 5.41) is 9.78. The first kappa shape index (κ1) is 10.3. The van der Waals surface area contributed by atoms with Crippen LogP contribution >= 0.6 is 0 Å². The molecule has 0 bridgehead atoms. The smallest absolute Gasteiger partial charge is 0.143 e. The third-order valence-electron chi connectivity index (χ3n) is 1.19. The van der Waals surface area contributed by atoms with Crippen LogP contribution in [0.4, 0.5) is 13.2 Å². The average Bonchev–Trinajstić information content (AvgIpc) is 2.08. The molecule has 0 rings (SSSR count). The van der Waals surface area contributed by atoms with Gasteiger partial charge in [0.2, 0.25) is 0 Å². The normalized spacial score (nSPS) is 10.5. The van der Waals surface area contributed by atoms with E-state index >= 15 is 0 Å². The largest absolute Gasteiger partial charge is 0.249 e. The van der Waals surface area contributed by atoms with Crippen LogP contribution in [-0.2, 0) is 5.11 Å². The van der Waals surface area contributed by atoms with Gasteiger partial charge in [-0.15, -0.1) is 0 Å². The van der Waals surface area contributed by atoms with Crippen molar-refractivity contribution in [3.63, 3.8) is 0 Å². The molecule has 0 heterocycles. The summed E-state index contributed by atoms with van der Waals surface area (Å²) >= 11 is 0. The van der Waals surface area contributed by atoms with Crippen LogP contribution in [0.2, 0.25) is 0 Å². The van der Waals surface area contributed by atoms with Crippen molar-refractivity contribution in [2.45, 2.75) is 0 Å². The second-order valence-corrected chi connectivity index (χ2v) is 2.13.